The van der Waals surface area contributed by atoms with E-state index < -0.39 is 22.0 Å². The van der Waals surface area contributed by atoms with Gasteiger partial charge in [0, 0.05) is 0 Å². The van der Waals surface area contributed by atoms with Crippen LogP contribution in [0.4, 0.5) is 5.69 Å². The first-order chi connectivity index (χ1) is 12.1. The molecular formula is C17H19NO6S2. The van der Waals surface area contributed by atoms with Gasteiger partial charge in [0.1, 0.15) is 4.88 Å². The zero-order valence-corrected chi connectivity index (χ0v) is 16.6. The summed E-state index contributed by atoms with van der Waals surface area (Å²) in [7, 11) is -1.80. The average molecular weight is 397 g/mol. The third-order valence-electron chi connectivity index (χ3n) is 3.84. The smallest absolute Gasteiger partial charge is 0.348 e. The number of hydrogen-bond donors (Lipinski definition) is 1. The Hall–Kier alpha value is -2.39. The Morgan fingerprint density at radius 2 is 1.54 bits per heavy atom. The van der Waals surface area contributed by atoms with Crippen LogP contribution in [-0.2, 0) is 19.5 Å². The lowest BCUT2D eigenvalue weighted by Crippen LogP contribution is -2.17. The minimum Gasteiger partial charge on any atom is -0.465 e. The fourth-order valence-corrected chi connectivity index (χ4v) is 5.41. The number of rotatable bonds is 5. The molecule has 0 saturated carbocycles. The van der Waals surface area contributed by atoms with Crippen LogP contribution in [-0.4, -0.2) is 34.6 Å². The van der Waals surface area contributed by atoms with Crippen molar-refractivity contribution in [1.29, 1.82) is 0 Å². The largest absolute Gasteiger partial charge is 0.465 e. The number of carbonyl (C=O) groups excluding carboxylic acids is 2. The second-order valence-corrected chi connectivity index (χ2v) is 8.47. The molecule has 0 aliphatic rings. The number of carbonyl (C=O) groups is 2. The van der Waals surface area contributed by atoms with Gasteiger partial charge in [0.05, 0.1) is 25.5 Å². The molecule has 0 bridgehead atoms. The van der Waals surface area contributed by atoms with Crippen molar-refractivity contribution in [2.75, 3.05) is 18.9 Å². The molecule has 7 nitrogen and oxygen atoms in total. The summed E-state index contributed by atoms with van der Waals surface area (Å²) in [5.41, 5.74) is 1.92. The Balaban J connectivity index is 2.65. The molecule has 26 heavy (non-hydrogen) atoms. The molecule has 9 heteroatoms. The van der Waals surface area contributed by atoms with Crippen LogP contribution in [0.15, 0.2) is 22.4 Å². The van der Waals surface area contributed by atoms with Crippen LogP contribution in [0.5, 0.6) is 0 Å². The number of hydrogen-bond acceptors (Lipinski definition) is 7. The summed E-state index contributed by atoms with van der Waals surface area (Å²) < 4.78 is 37.5. The quantitative estimate of drug-likeness (QED) is 0.779. The van der Waals surface area contributed by atoms with Crippen LogP contribution < -0.4 is 4.72 Å². The normalized spacial score (nSPS) is 11.1. The minimum absolute atomic E-state index is 0.0368. The van der Waals surface area contributed by atoms with Crippen molar-refractivity contribution in [3.8, 4) is 0 Å². The van der Waals surface area contributed by atoms with Crippen LogP contribution in [0, 0.1) is 20.8 Å². The number of aryl methyl sites for hydroxylation is 2. The Morgan fingerprint density at radius 1 is 1.00 bits per heavy atom. The summed E-state index contributed by atoms with van der Waals surface area (Å²) in [6.07, 6.45) is 0. The number of esters is 2. The zero-order chi connectivity index (χ0) is 19.6. The van der Waals surface area contributed by atoms with Crippen LogP contribution in [0.1, 0.15) is 36.7 Å². The molecule has 0 aliphatic heterocycles. The van der Waals surface area contributed by atoms with E-state index in [1.807, 2.05) is 6.07 Å². The highest BCUT2D eigenvalue weighted by Crippen LogP contribution is 2.35. The van der Waals surface area contributed by atoms with Crippen molar-refractivity contribution >= 4 is 39.0 Å². The average Bonchev–Trinajstić information content (AvgIpc) is 2.95. The van der Waals surface area contributed by atoms with Gasteiger partial charge in [-0.05, 0) is 37.5 Å². The third-order valence-corrected chi connectivity index (χ3v) is 6.98. The first-order valence-corrected chi connectivity index (χ1v) is 9.83. The maximum atomic E-state index is 13.0. The van der Waals surface area contributed by atoms with E-state index >= 15 is 0 Å². The van der Waals surface area contributed by atoms with Gasteiger partial charge in [-0.3, -0.25) is 4.72 Å². The second-order valence-electron chi connectivity index (χ2n) is 5.57. The molecule has 1 aromatic heterocycles. The van der Waals surface area contributed by atoms with Crippen molar-refractivity contribution in [2.45, 2.75) is 25.0 Å². The minimum atomic E-state index is -4.13. The van der Waals surface area contributed by atoms with Gasteiger partial charge in [-0.25, -0.2) is 18.0 Å². The molecule has 0 atom stereocenters. The summed E-state index contributed by atoms with van der Waals surface area (Å²) >= 11 is 0.675. The van der Waals surface area contributed by atoms with Gasteiger partial charge >= 0.3 is 11.9 Å². The van der Waals surface area contributed by atoms with Gasteiger partial charge in [0.25, 0.3) is 10.0 Å². The number of benzene rings is 1. The Kier molecular flexibility index (Phi) is 5.72. The molecule has 0 fully saturated rings. The number of nitrogens with one attached hydrogen (secondary N) is 1. The molecular weight excluding hydrogens is 378 g/mol. The highest BCUT2D eigenvalue weighted by atomic mass is 32.2. The van der Waals surface area contributed by atoms with Gasteiger partial charge in [-0.1, -0.05) is 18.2 Å². The SMILES string of the molecule is COC(=O)c1sc(S(=O)(=O)Nc2c(C)cccc2C)c(C(=O)OC)c1C. The molecule has 0 aliphatic carbocycles. The molecule has 0 saturated heterocycles. The highest BCUT2D eigenvalue weighted by molar-refractivity contribution is 7.94. The molecule has 0 amide bonds. The standard InChI is InChI=1S/C17H19NO6S2/c1-9-7-6-8-10(2)13(9)18-26(21,22)17-12(15(19)23-4)11(3)14(25-17)16(20)24-5/h6-8,18H,1-5H3. The molecule has 2 rings (SSSR count). The lowest BCUT2D eigenvalue weighted by Gasteiger charge is -2.13. The maximum Gasteiger partial charge on any atom is 0.348 e. The molecule has 0 spiro atoms. The predicted molar refractivity (Wildman–Crippen MR) is 98.5 cm³/mol. The van der Waals surface area contributed by atoms with Crippen molar-refractivity contribution < 1.29 is 27.5 Å². The van der Waals surface area contributed by atoms with Crippen LogP contribution in [0.25, 0.3) is 0 Å². The summed E-state index contributed by atoms with van der Waals surface area (Å²) in [5.74, 6) is -1.55. The monoisotopic (exact) mass is 397 g/mol. The molecule has 140 valence electrons. The number of sulfonamides is 1. The van der Waals surface area contributed by atoms with E-state index in [4.69, 9.17) is 4.74 Å². The third kappa shape index (κ3) is 3.58. The molecule has 1 aromatic carbocycles. The van der Waals surface area contributed by atoms with Gasteiger partial charge in [-0.2, -0.15) is 0 Å². The summed E-state index contributed by atoms with van der Waals surface area (Å²) in [6.45, 7) is 5.02. The number of methoxy groups -OCH3 is 2. The predicted octanol–water partition coefficient (Wildman–Crippen LogP) is 3.05. The van der Waals surface area contributed by atoms with Gasteiger partial charge < -0.3 is 9.47 Å². The first-order valence-electron chi connectivity index (χ1n) is 7.53. The lowest BCUT2D eigenvalue weighted by molar-refractivity contribution is 0.0596. The Morgan fingerprint density at radius 3 is 2.04 bits per heavy atom. The highest BCUT2D eigenvalue weighted by Gasteiger charge is 2.33. The van der Waals surface area contributed by atoms with E-state index in [2.05, 4.69) is 9.46 Å². The second kappa shape index (κ2) is 7.46. The van der Waals surface area contributed by atoms with E-state index in [-0.39, 0.29) is 20.2 Å². The van der Waals surface area contributed by atoms with Crippen LogP contribution >= 0.6 is 11.3 Å². The number of anilines is 1. The molecule has 0 unspecified atom stereocenters. The molecule has 1 heterocycles. The van der Waals surface area contributed by atoms with Crippen molar-refractivity contribution in [1.82, 2.24) is 0 Å². The van der Waals surface area contributed by atoms with E-state index in [1.54, 1.807) is 26.0 Å². The van der Waals surface area contributed by atoms with E-state index in [0.717, 1.165) is 18.2 Å². The van der Waals surface area contributed by atoms with Gasteiger partial charge in [0.2, 0.25) is 0 Å². The lowest BCUT2D eigenvalue weighted by atomic mass is 10.1. The van der Waals surface area contributed by atoms with Gasteiger partial charge in [-0.15, -0.1) is 11.3 Å². The first kappa shape index (κ1) is 19.9. The van der Waals surface area contributed by atoms with Crippen molar-refractivity contribution in [2.24, 2.45) is 0 Å². The summed E-state index contributed by atoms with van der Waals surface area (Å²) in [6, 6.07) is 5.35. The van der Waals surface area contributed by atoms with Crippen LogP contribution in [0.3, 0.4) is 0 Å². The van der Waals surface area contributed by atoms with E-state index in [9.17, 15) is 18.0 Å². The Labute approximate surface area is 156 Å². The number of thiophene rings is 1. The van der Waals surface area contributed by atoms with Crippen molar-refractivity contribution in [3.05, 3.63) is 45.3 Å². The maximum absolute atomic E-state index is 13.0. The fourth-order valence-electron chi connectivity index (χ4n) is 2.46. The topological polar surface area (TPSA) is 98.8 Å². The molecule has 1 N–H and O–H groups in total. The van der Waals surface area contributed by atoms with E-state index in [0.29, 0.717) is 17.0 Å². The number of ether oxygens (including phenoxy) is 2. The van der Waals surface area contributed by atoms with Crippen LogP contribution in [0.2, 0.25) is 0 Å². The van der Waals surface area contributed by atoms with Gasteiger partial charge in [0.15, 0.2) is 4.21 Å². The summed E-state index contributed by atoms with van der Waals surface area (Å²) in [4.78, 5) is 24.1. The molecule has 2 aromatic rings. The summed E-state index contributed by atoms with van der Waals surface area (Å²) in [5, 5.41) is 0. The Bertz CT molecular complexity index is 955. The van der Waals surface area contributed by atoms with E-state index in [1.165, 1.54) is 14.0 Å². The molecule has 0 radical (unpaired) electrons. The fraction of sp³-hybridized carbons (Fsp3) is 0.294. The van der Waals surface area contributed by atoms with Crippen molar-refractivity contribution in [3.63, 3.8) is 0 Å². The number of para-hydroxylation sites is 1. The zero-order valence-electron chi connectivity index (χ0n) is 15.0.